The summed E-state index contributed by atoms with van der Waals surface area (Å²) in [5.41, 5.74) is 2.28. The molecule has 2 aromatic carbocycles. The third-order valence-corrected chi connectivity index (χ3v) is 4.77. The van der Waals surface area contributed by atoms with Crippen LogP contribution in [0.4, 0.5) is 5.69 Å². The highest BCUT2D eigenvalue weighted by atomic mass is 35.5. The van der Waals surface area contributed by atoms with E-state index in [2.05, 4.69) is 11.9 Å². The minimum atomic E-state index is -0.370. The number of ether oxygens (including phenoxy) is 2. The zero-order valence-corrected chi connectivity index (χ0v) is 15.0. The van der Waals surface area contributed by atoms with E-state index in [-0.39, 0.29) is 12.1 Å². The number of carbonyl (C=O) groups excluding carboxylic acids is 1. The zero-order chi connectivity index (χ0) is 18.1. The molecule has 0 radical (unpaired) electrons. The van der Waals surface area contributed by atoms with Crippen LogP contribution in [-0.4, -0.2) is 30.6 Å². The standard InChI is InChI=1S/C20H19ClN2O3/c1-2-8-23-19(22-16-7-4-3-6-14(16)20(23)24)13-11-15(21)18-17(12-13)25-9-5-10-26-18/h2-4,6-7,11-12,19,22H,1,5,8-10H2. The minimum Gasteiger partial charge on any atom is -0.489 e. The van der Waals surface area contributed by atoms with Gasteiger partial charge in [0.15, 0.2) is 11.5 Å². The van der Waals surface area contributed by atoms with Crippen molar-refractivity contribution < 1.29 is 14.3 Å². The van der Waals surface area contributed by atoms with Gasteiger partial charge in [0, 0.05) is 24.2 Å². The fraction of sp³-hybridized carbons (Fsp3) is 0.250. The molecule has 0 bridgehead atoms. The van der Waals surface area contributed by atoms with Crippen LogP contribution in [0.1, 0.15) is 28.5 Å². The molecule has 2 aromatic rings. The molecule has 5 nitrogen and oxygen atoms in total. The second-order valence-electron chi connectivity index (χ2n) is 6.22. The number of amides is 1. The quantitative estimate of drug-likeness (QED) is 0.820. The Labute approximate surface area is 157 Å². The summed E-state index contributed by atoms with van der Waals surface area (Å²) in [6.45, 7) is 5.34. The van der Waals surface area contributed by atoms with Crippen molar-refractivity contribution in [1.82, 2.24) is 4.90 Å². The summed E-state index contributed by atoms with van der Waals surface area (Å²) in [6, 6.07) is 11.2. The summed E-state index contributed by atoms with van der Waals surface area (Å²) in [6.07, 6.45) is 2.15. The largest absolute Gasteiger partial charge is 0.489 e. The molecule has 2 aliphatic heterocycles. The molecular formula is C20H19ClN2O3. The molecule has 0 aromatic heterocycles. The fourth-order valence-corrected chi connectivity index (χ4v) is 3.57. The molecule has 0 spiro atoms. The molecule has 1 N–H and O–H groups in total. The van der Waals surface area contributed by atoms with Gasteiger partial charge in [-0.3, -0.25) is 4.79 Å². The van der Waals surface area contributed by atoms with Crippen molar-refractivity contribution in [2.45, 2.75) is 12.6 Å². The van der Waals surface area contributed by atoms with Gasteiger partial charge in [-0.2, -0.15) is 0 Å². The van der Waals surface area contributed by atoms with Gasteiger partial charge in [0.2, 0.25) is 0 Å². The van der Waals surface area contributed by atoms with Gasteiger partial charge >= 0.3 is 0 Å². The minimum absolute atomic E-state index is 0.0486. The van der Waals surface area contributed by atoms with Crippen molar-refractivity contribution >= 4 is 23.2 Å². The maximum atomic E-state index is 13.0. The molecule has 1 unspecified atom stereocenters. The van der Waals surface area contributed by atoms with E-state index in [1.54, 1.807) is 11.0 Å². The van der Waals surface area contributed by atoms with Gasteiger partial charge in [-0.15, -0.1) is 6.58 Å². The number of nitrogens with zero attached hydrogens (tertiary/aromatic N) is 1. The summed E-state index contributed by atoms with van der Waals surface area (Å²) in [5.74, 6) is 1.12. The van der Waals surface area contributed by atoms with Crippen LogP contribution in [0.3, 0.4) is 0 Å². The Balaban J connectivity index is 1.78. The van der Waals surface area contributed by atoms with E-state index in [0.29, 0.717) is 41.8 Å². The SMILES string of the molecule is C=CCN1C(=O)c2ccccc2NC1c1cc(Cl)c2c(c1)OCCCO2. The van der Waals surface area contributed by atoms with E-state index in [4.69, 9.17) is 21.1 Å². The van der Waals surface area contributed by atoms with Crippen LogP contribution in [0.2, 0.25) is 5.02 Å². The lowest BCUT2D eigenvalue weighted by Gasteiger charge is -2.37. The number of rotatable bonds is 3. The molecule has 26 heavy (non-hydrogen) atoms. The molecule has 6 heteroatoms. The lowest BCUT2D eigenvalue weighted by atomic mass is 10.0. The van der Waals surface area contributed by atoms with Crippen molar-refractivity contribution in [3.63, 3.8) is 0 Å². The highest BCUT2D eigenvalue weighted by Gasteiger charge is 2.33. The number of para-hydroxylation sites is 1. The summed E-state index contributed by atoms with van der Waals surface area (Å²) in [7, 11) is 0. The van der Waals surface area contributed by atoms with Crippen LogP contribution >= 0.6 is 11.6 Å². The predicted molar refractivity (Wildman–Crippen MR) is 101 cm³/mol. The Hall–Kier alpha value is -2.66. The summed E-state index contributed by atoms with van der Waals surface area (Å²) < 4.78 is 11.5. The maximum absolute atomic E-state index is 13.0. The van der Waals surface area contributed by atoms with Gasteiger partial charge in [0.05, 0.1) is 23.8 Å². The number of carbonyl (C=O) groups is 1. The highest BCUT2D eigenvalue weighted by molar-refractivity contribution is 6.32. The van der Waals surface area contributed by atoms with Crippen LogP contribution in [-0.2, 0) is 0 Å². The first-order valence-corrected chi connectivity index (χ1v) is 8.93. The van der Waals surface area contributed by atoms with Crippen LogP contribution in [0.25, 0.3) is 0 Å². The Morgan fingerprint density at radius 1 is 1.27 bits per heavy atom. The van der Waals surface area contributed by atoms with Crippen LogP contribution in [0.15, 0.2) is 49.1 Å². The molecule has 2 heterocycles. The zero-order valence-electron chi connectivity index (χ0n) is 14.2. The van der Waals surface area contributed by atoms with E-state index in [0.717, 1.165) is 17.7 Å². The Morgan fingerprint density at radius 3 is 2.92 bits per heavy atom. The van der Waals surface area contributed by atoms with Crippen molar-refractivity contribution in [3.8, 4) is 11.5 Å². The summed E-state index contributed by atoms with van der Waals surface area (Å²) >= 11 is 6.44. The predicted octanol–water partition coefficient (Wildman–Crippen LogP) is 4.25. The molecule has 0 saturated heterocycles. The van der Waals surface area contributed by atoms with Gasteiger partial charge in [0.25, 0.3) is 5.91 Å². The number of anilines is 1. The highest BCUT2D eigenvalue weighted by Crippen LogP contribution is 2.42. The molecule has 0 fully saturated rings. The third kappa shape index (κ3) is 2.88. The van der Waals surface area contributed by atoms with Gasteiger partial charge in [-0.25, -0.2) is 0 Å². The van der Waals surface area contributed by atoms with Crippen molar-refractivity contribution in [1.29, 1.82) is 0 Å². The van der Waals surface area contributed by atoms with Gasteiger partial charge in [0.1, 0.15) is 6.17 Å². The van der Waals surface area contributed by atoms with Crippen LogP contribution in [0.5, 0.6) is 11.5 Å². The Bertz CT molecular complexity index is 868. The Morgan fingerprint density at radius 2 is 2.08 bits per heavy atom. The first kappa shape index (κ1) is 16.8. The molecular weight excluding hydrogens is 352 g/mol. The lowest BCUT2D eigenvalue weighted by Crippen LogP contribution is -2.43. The number of nitrogens with one attached hydrogen (secondary N) is 1. The topological polar surface area (TPSA) is 50.8 Å². The smallest absolute Gasteiger partial charge is 0.258 e. The average molecular weight is 371 g/mol. The first-order valence-electron chi connectivity index (χ1n) is 8.55. The second-order valence-corrected chi connectivity index (χ2v) is 6.63. The Kier molecular flexibility index (Phi) is 4.47. The number of benzene rings is 2. The molecule has 134 valence electrons. The maximum Gasteiger partial charge on any atom is 0.258 e. The number of halogens is 1. The van der Waals surface area contributed by atoms with E-state index in [9.17, 15) is 4.79 Å². The van der Waals surface area contributed by atoms with E-state index in [1.165, 1.54) is 0 Å². The van der Waals surface area contributed by atoms with Crippen molar-refractivity contribution in [3.05, 3.63) is 65.2 Å². The van der Waals surface area contributed by atoms with E-state index in [1.807, 2.05) is 36.4 Å². The fourth-order valence-electron chi connectivity index (χ4n) is 3.29. The normalized spacial score (nSPS) is 18.6. The van der Waals surface area contributed by atoms with Gasteiger partial charge < -0.3 is 19.7 Å². The average Bonchev–Trinajstić information content (AvgIpc) is 2.90. The summed E-state index contributed by atoms with van der Waals surface area (Å²) in [5, 5.41) is 3.91. The number of hydrogen-bond acceptors (Lipinski definition) is 4. The van der Waals surface area contributed by atoms with Crippen molar-refractivity contribution in [2.24, 2.45) is 0 Å². The van der Waals surface area contributed by atoms with E-state index >= 15 is 0 Å². The number of fused-ring (bicyclic) bond motifs is 2. The molecule has 0 saturated carbocycles. The van der Waals surface area contributed by atoms with Crippen LogP contribution < -0.4 is 14.8 Å². The summed E-state index contributed by atoms with van der Waals surface area (Å²) in [4.78, 5) is 14.7. The monoisotopic (exact) mass is 370 g/mol. The number of hydrogen-bond donors (Lipinski definition) is 1. The molecule has 1 atom stereocenters. The van der Waals surface area contributed by atoms with E-state index < -0.39 is 0 Å². The molecule has 1 amide bonds. The molecule has 4 rings (SSSR count). The molecule has 0 aliphatic carbocycles. The van der Waals surface area contributed by atoms with Crippen molar-refractivity contribution in [2.75, 3.05) is 25.1 Å². The van der Waals surface area contributed by atoms with Gasteiger partial charge in [-0.1, -0.05) is 29.8 Å². The first-order chi connectivity index (χ1) is 12.7. The molecule has 2 aliphatic rings. The van der Waals surface area contributed by atoms with Gasteiger partial charge in [-0.05, 0) is 24.3 Å². The lowest BCUT2D eigenvalue weighted by molar-refractivity contribution is 0.0707. The third-order valence-electron chi connectivity index (χ3n) is 4.49. The van der Waals surface area contributed by atoms with Crippen LogP contribution in [0, 0.1) is 0 Å². The second kappa shape index (κ2) is 6.92.